The molecule has 134 valence electrons. The first-order valence-corrected chi connectivity index (χ1v) is 8.98. The van der Waals surface area contributed by atoms with Crippen molar-refractivity contribution >= 4 is 17.5 Å². The van der Waals surface area contributed by atoms with E-state index in [0.29, 0.717) is 19.3 Å². The van der Waals surface area contributed by atoms with E-state index in [1.165, 1.54) is 0 Å². The summed E-state index contributed by atoms with van der Waals surface area (Å²) in [5.74, 6) is -3.21. The van der Waals surface area contributed by atoms with Crippen LogP contribution in [0.4, 0.5) is 0 Å². The summed E-state index contributed by atoms with van der Waals surface area (Å²) >= 11 is 0. The third-order valence-electron chi connectivity index (χ3n) is 4.87. The lowest BCUT2D eigenvalue weighted by atomic mass is 9.83. The molecule has 0 spiro atoms. The lowest BCUT2D eigenvalue weighted by Crippen LogP contribution is -2.32. The highest BCUT2D eigenvalue weighted by molar-refractivity contribution is 6.23. The van der Waals surface area contributed by atoms with Gasteiger partial charge in [-0.15, -0.1) is 0 Å². The fraction of sp³-hybridized carbons (Fsp3) is 0.318. The third-order valence-corrected chi connectivity index (χ3v) is 4.87. The van der Waals surface area contributed by atoms with Crippen LogP contribution in [0.3, 0.4) is 0 Å². The van der Waals surface area contributed by atoms with E-state index in [9.17, 15) is 14.4 Å². The normalized spacial score (nSPS) is 20.7. The van der Waals surface area contributed by atoms with Crippen molar-refractivity contribution in [3.8, 4) is 0 Å². The van der Waals surface area contributed by atoms with Crippen LogP contribution in [0, 0.1) is 5.92 Å². The molecule has 1 fully saturated rings. The Morgan fingerprint density at radius 3 is 2.23 bits per heavy atom. The summed E-state index contributed by atoms with van der Waals surface area (Å²) < 4.78 is 5.25. The van der Waals surface area contributed by atoms with Gasteiger partial charge in [0.15, 0.2) is 23.6 Å². The van der Waals surface area contributed by atoms with Crippen LogP contribution in [0.15, 0.2) is 60.7 Å². The Morgan fingerprint density at radius 2 is 1.62 bits per heavy atom. The molecule has 3 atom stereocenters. The van der Waals surface area contributed by atoms with Gasteiger partial charge in [-0.05, 0) is 30.4 Å². The number of benzene rings is 2. The molecular formula is C22H22O4. The second-order valence-electron chi connectivity index (χ2n) is 6.56. The quantitative estimate of drug-likeness (QED) is 0.566. The molecule has 4 nitrogen and oxygen atoms in total. The lowest BCUT2D eigenvalue weighted by molar-refractivity contribution is -0.147. The van der Waals surface area contributed by atoms with Crippen molar-refractivity contribution in [2.45, 2.75) is 38.2 Å². The van der Waals surface area contributed by atoms with Crippen LogP contribution in [0.25, 0.3) is 0 Å². The summed E-state index contributed by atoms with van der Waals surface area (Å²) in [6.07, 6.45) is 0.737. The van der Waals surface area contributed by atoms with E-state index in [4.69, 9.17) is 4.74 Å². The summed E-state index contributed by atoms with van der Waals surface area (Å²) in [6, 6.07) is 19.0. The van der Waals surface area contributed by atoms with Gasteiger partial charge in [-0.2, -0.15) is 0 Å². The van der Waals surface area contributed by atoms with Crippen molar-refractivity contribution < 1.29 is 19.1 Å². The summed E-state index contributed by atoms with van der Waals surface area (Å²) in [6.45, 7) is 1.88. The second-order valence-corrected chi connectivity index (χ2v) is 6.56. The van der Waals surface area contributed by atoms with E-state index in [-0.39, 0.29) is 5.78 Å². The Labute approximate surface area is 153 Å². The Balaban J connectivity index is 1.70. The van der Waals surface area contributed by atoms with Crippen LogP contribution in [-0.4, -0.2) is 23.6 Å². The number of carbonyl (C=O) groups excluding carboxylic acids is 3. The Bertz CT molecular complexity index is 782. The first-order valence-electron chi connectivity index (χ1n) is 8.98. The van der Waals surface area contributed by atoms with E-state index in [1.54, 1.807) is 0 Å². The van der Waals surface area contributed by atoms with Crippen LogP contribution >= 0.6 is 0 Å². The standard InChI is InChI=1S/C22H22O4/c1-2-17(16-11-7-4-8-12-16)20(23)19-21(24)18(26-22(19)25)14-13-15-9-5-3-6-10-15/h3-12,17-19H,2,13-14H2,1H3/t17-,18+,19?/m1/s1. The maximum absolute atomic E-state index is 12.9. The minimum atomic E-state index is -1.29. The second kappa shape index (κ2) is 8.09. The number of Topliss-reactive ketones (excluding diaryl/α,β-unsaturated/α-hetero) is 2. The van der Waals surface area contributed by atoms with Crippen LogP contribution < -0.4 is 0 Å². The summed E-state index contributed by atoms with van der Waals surface area (Å²) in [5.41, 5.74) is 1.90. The maximum Gasteiger partial charge on any atom is 0.325 e. The molecule has 1 unspecified atom stereocenters. The first-order chi connectivity index (χ1) is 12.6. The van der Waals surface area contributed by atoms with Gasteiger partial charge >= 0.3 is 5.97 Å². The number of cyclic esters (lactones) is 1. The lowest BCUT2D eigenvalue weighted by Gasteiger charge is -2.16. The Kier molecular flexibility index (Phi) is 5.61. The van der Waals surface area contributed by atoms with Crippen molar-refractivity contribution in [3.05, 3.63) is 71.8 Å². The monoisotopic (exact) mass is 350 g/mol. The molecule has 0 amide bonds. The number of carbonyl (C=O) groups is 3. The molecule has 1 aliphatic heterocycles. The smallest absolute Gasteiger partial charge is 0.325 e. The molecule has 0 radical (unpaired) electrons. The highest BCUT2D eigenvalue weighted by Crippen LogP contribution is 2.30. The average molecular weight is 350 g/mol. The number of hydrogen-bond acceptors (Lipinski definition) is 4. The van der Waals surface area contributed by atoms with Gasteiger partial charge in [0, 0.05) is 5.92 Å². The molecule has 1 aliphatic rings. The minimum Gasteiger partial charge on any atom is -0.453 e. The van der Waals surface area contributed by atoms with Gasteiger partial charge in [0.05, 0.1) is 0 Å². The van der Waals surface area contributed by atoms with Crippen molar-refractivity contribution in [1.82, 2.24) is 0 Å². The molecule has 0 N–H and O–H groups in total. The van der Waals surface area contributed by atoms with Gasteiger partial charge in [-0.3, -0.25) is 14.4 Å². The fourth-order valence-electron chi connectivity index (χ4n) is 3.46. The zero-order chi connectivity index (χ0) is 18.5. The van der Waals surface area contributed by atoms with Gasteiger partial charge in [0.2, 0.25) is 0 Å². The number of aryl methyl sites for hydroxylation is 1. The number of ether oxygens (including phenoxy) is 1. The molecule has 0 bridgehead atoms. The van der Waals surface area contributed by atoms with Crippen molar-refractivity contribution in [2.75, 3.05) is 0 Å². The molecule has 0 saturated carbocycles. The molecule has 2 aromatic carbocycles. The molecule has 1 saturated heterocycles. The highest BCUT2D eigenvalue weighted by Gasteiger charge is 2.49. The van der Waals surface area contributed by atoms with E-state index in [1.807, 2.05) is 67.6 Å². The number of rotatable bonds is 7. The number of ketones is 2. The van der Waals surface area contributed by atoms with Crippen molar-refractivity contribution in [3.63, 3.8) is 0 Å². The molecule has 1 heterocycles. The summed E-state index contributed by atoms with van der Waals surface area (Å²) in [4.78, 5) is 37.8. The number of esters is 1. The third kappa shape index (κ3) is 3.74. The van der Waals surface area contributed by atoms with Crippen LogP contribution in [-0.2, 0) is 25.5 Å². The van der Waals surface area contributed by atoms with Crippen LogP contribution in [0.2, 0.25) is 0 Å². The maximum atomic E-state index is 12.9. The number of hydrogen-bond donors (Lipinski definition) is 0. The molecular weight excluding hydrogens is 328 g/mol. The van der Waals surface area contributed by atoms with E-state index < -0.39 is 29.7 Å². The molecule has 3 rings (SSSR count). The van der Waals surface area contributed by atoms with Gasteiger partial charge in [0.1, 0.15) is 0 Å². The van der Waals surface area contributed by atoms with Gasteiger partial charge < -0.3 is 4.74 Å². The largest absolute Gasteiger partial charge is 0.453 e. The average Bonchev–Trinajstić information content (AvgIpc) is 2.95. The van der Waals surface area contributed by atoms with Crippen molar-refractivity contribution in [2.24, 2.45) is 5.92 Å². The fourth-order valence-corrected chi connectivity index (χ4v) is 3.46. The van der Waals surface area contributed by atoms with E-state index in [2.05, 4.69) is 0 Å². The van der Waals surface area contributed by atoms with E-state index in [0.717, 1.165) is 11.1 Å². The zero-order valence-corrected chi connectivity index (χ0v) is 14.8. The van der Waals surface area contributed by atoms with Crippen LogP contribution in [0.1, 0.15) is 36.8 Å². The minimum absolute atomic E-state index is 0.351. The highest BCUT2D eigenvalue weighted by atomic mass is 16.6. The molecule has 26 heavy (non-hydrogen) atoms. The SMILES string of the molecule is CC[C@@H](C(=O)C1C(=O)O[C@@H](CCc2ccccc2)C1=O)c1ccccc1. The topological polar surface area (TPSA) is 60.4 Å². The summed E-state index contributed by atoms with van der Waals surface area (Å²) in [5, 5.41) is 0. The van der Waals surface area contributed by atoms with Gasteiger partial charge in [-0.25, -0.2) is 0 Å². The first kappa shape index (κ1) is 18.1. The predicted molar refractivity (Wildman–Crippen MR) is 97.6 cm³/mol. The van der Waals surface area contributed by atoms with Crippen molar-refractivity contribution in [1.29, 1.82) is 0 Å². The zero-order valence-electron chi connectivity index (χ0n) is 14.8. The molecule has 0 aromatic heterocycles. The molecule has 4 heteroatoms. The summed E-state index contributed by atoms with van der Waals surface area (Å²) in [7, 11) is 0. The molecule has 2 aromatic rings. The predicted octanol–water partition coefficient (Wildman–Crippen LogP) is 3.49. The van der Waals surface area contributed by atoms with Crippen LogP contribution in [0.5, 0.6) is 0 Å². The van der Waals surface area contributed by atoms with E-state index >= 15 is 0 Å². The van der Waals surface area contributed by atoms with Gasteiger partial charge in [-0.1, -0.05) is 67.6 Å². The van der Waals surface area contributed by atoms with Gasteiger partial charge in [0.25, 0.3) is 0 Å². The molecule has 0 aliphatic carbocycles. The Hall–Kier alpha value is -2.75. The Morgan fingerprint density at radius 1 is 1.00 bits per heavy atom.